The van der Waals surface area contributed by atoms with Crippen LogP contribution in [0.3, 0.4) is 0 Å². The Labute approximate surface area is 80.6 Å². The summed E-state index contributed by atoms with van der Waals surface area (Å²) in [5, 5.41) is 10.5. The molecule has 0 aromatic heterocycles. The highest BCUT2D eigenvalue weighted by Gasteiger charge is 2.26. The molecule has 3 nitrogen and oxygen atoms in total. The molecule has 1 aliphatic rings. The topological polar surface area (TPSA) is 49.3 Å². The van der Waals surface area contributed by atoms with Crippen molar-refractivity contribution in [1.29, 1.82) is 0 Å². The van der Waals surface area contributed by atoms with Gasteiger partial charge in [0.1, 0.15) is 5.82 Å². The van der Waals surface area contributed by atoms with Gasteiger partial charge in [-0.25, -0.2) is 9.18 Å². The maximum Gasteiger partial charge on any atom is 0.409 e. The van der Waals surface area contributed by atoms with Crippen molar-refractivity contribution in [3.8, 4) is 0 Å². The third-order valence-electron chi connectivity index (χ3n) is 2.27. The lowest BCUT2D eigenvalue weighted by Gasteiger charge is -2.04. The highest BCUT2D eigenvalue weighted by atomic mass is 19.1. The molecule has 0 unspecified atom stereocenters. The van der Waals surface area contributed by atoms with E-state index in [1.807, 2.05) is 0 Å². The van der Waals surface area contributed by atoms with E-state index in [0.29, 0.717) is 11.5 Å². The molecule has 0 aliphatic heterocycles. The molecule has 1 aromatic rings. The molecule has 2 N–H and O–H groups in total. The summed E-state index contributed by atoms with van der Waals surface area (Å²) in [7, 11) is 0. The van der Waals surface area contributed by atoms with Gasteiger partial charge in [0.25, 0.3) is 0 Å². The molecule has 1 saturated carbocycles. The number of carbonyl (C=O) groups is 1. The van der Waals surface area contributed by atoms with Gasteiger partial charge in [0.15, 0.2) is 0 Å². The van der Waals surface area contributed by atoms with Gasteiger partial charge in [-0.05, 0) is 36.5 Å². The SMILES string of the molecule is O=C(O)Nc1ccc(C2CC2)c(F)c1. The number of benzene rings is 1. The lowest BCUT2D eigenvalue weighted by molar-refractivity contribution is 0.209. The molecule has 0 radical (unpaired) electrons. The van der Waals surface area contributed by atoms with Gasteiger partial charge >= 0.3 is 6.09 Å². The number of nitrogens with one attached hydrogen (secondary N) is 1. The summed E-state index contributed by atoms with van der Waals surface area (Å²) in [6.07, 6.45) is 0.884. The summed E-state index contributed by atoms with van der Waals surface area (Å²) in [6, 6.07) is 4.46. The number of amides is 1. The molecular weight excluding hydrogens is 185 g/mol. The van der Waals surface area contributed by atoms with E-state index in [1.165, 1.54) is 6.07 Å². The Morgan fingerprint density at radius 2 is 2.21 bits per heavy atom. The Hall–Kier alpha value is -1.58. The molecule has 14 heavy (non-hydrogen) atoms. The van der Waals surface area contributed by atoms with Gasteiger partial charge in [-0.15, -0.1) is 0 Å². The molecule has 1 aromatic carbocycles. The number of halogens is 1. The van der Waals surface area contributed by atoms with E-state index in [1.54, 1.807) is 12.1 Å². The normalized spacial score (nSPS) is 15.2. The van der Waals surface area contributed by atoms with Crippen molar-refractivity contribution >= 4 is 11.8 Å². The van der Waals surface area contributed by atoms with Crippen LogP contribution in [0.2, 0.25) is 0 Å². The second kappa shape index (κ2) is 3.29. The first-order chi connectivity index (χ1) is 6.66. The highest BCUT2D eigenvalue weighted by molar-refractivity contribution is 5.82. The van der Waals surface area contributed by atoms with Crippen molar-refractivity contribution in [2.75, 3.05) is 5.32 Å². The summed E-state index contributed by atoms with van der Waals surface area (Å²) < 4.78 is 13.4. The Balaban J connectivity index is 2.21. The zero-order valence-corrected chi connectivity index (χ0v) is 7.46. The molecule has 1 fully saturated rings. The van der Waals surface area contributed by atoms with Gasteiger partial charge < -0.3 is 5.11 Å². The third-order valence-corrected chi connectivity index (χ3v) is 2.27. The number of rotatable bonds is 2. The minimum absolute atomic E-state index is 0.277. The fraction of sp³-hybridized carbons (Fsp3) is 0.300. The first-order valence-electron chi connectivity index (χ1n) is 4.46. The lowest BCUT2D eigenvalue weighted by atomic mass is 10.1. The van der Waals surface area contributed by atoms with Crippen LogP contribution < -0.4 is 5.32 Å². The van der Waals surface area contributed by atoms with Crippen LogP contribution in [0.5, 0.6) is 0 Å². The van der Waals surface area contributed by atoms with Gasteiger partial charge in [-0.1, -0.05) is 6.07 Å². The van der Waals surface area contributed by atoms with Crippen molar-refractivity contribution < 1.29 is 14.3 Å². The zero-order chi connectivity index (χ0) is 10.1. The highest BCUT2D eigenvalue weighted by Crippen LogP contribution is 2.41. The van der Waals surface area contributed by atoms with Crippen molar-refractivity contribution in [1.82, 2.24) is 0 Å². The monoisotopic (exact) mass is 195 g/mol. The molecule has 74 valence electrons. The summed E-state index contributed by atoms with van der Waals surface area (Å²) >= 11 is 0. The second-order valence-electron chi connectivity index (χ2n) is 3.44. The average Bonchev–Trinajstić information content (AvgIpc) is 2.86. The van der Waals surface area contributed by atoms with E-state index >= 15 is 0 Å². The standard InChI is InChI=1S/C10H10FNO2/c11-9-5-7(12-10(13)14)3-4-8(9)6-1-2-6/h3-6,12H,1-2H2,(H,13,14). The van der Waals surface area contributed by atoms with E-state index < -0.39 is 6.09 Å². The molecule has 1 aliphatic carbocycles. The van der Waals surface area contributed by atoms with Gasteiger partial charge in [-0.2, -0.15) is 0 Å². The third kappa shape index (κ3) is 1.84. The fourth-order valence-corrected chi connectivity index (χ4v) is 1.45. The quantitative estimate of drug-likeness (QED) is 0.762. The van der Waals surface area contributed by atoms with Crippen LogP contribution in [0.15, 0.2) is 18.2 Å². The van der Waals surface area contributed by atoms with Gasteiger partial charge in [-0.3, -0.25) is 5.32 Å². The van der Waals surface area contributed by atoms with E-state index in [4.69, 9.17) is 5.11 Å². The molecule has 0 atom stereocenters. The lowest BCUT2D eigenvalue weighted by Crippen LogP contribution is -2.07. The summed E-state index contributed by atoms with van der Waals surface area (Å²) in [5.74, 6) is 0.0210. The van der Waals surface area contributed by atoms with E-state index in [0.717, 1.165) is 12.8 Å². The zero-order valence-electron chi connectivity index (χ0n) is 7.46. The van der Waals surface area contributed by atoms with Crippen LogP contribution >= 0.6 is 0 Å². The van der Waals surface area contributed by atoms with Gasteiger partial charge in [0, 0.05) is 5.69 Å². The molecule has 4 heteroatoms. The number of carboxylic acid groups (broad SMARTS) is 1. The Kier molecular flexibility index (Phi) is 2.11. The summed E-state index contributed by atoms with van der Waals surface area (Å²) in [5.41, 5.74) is 0.973. The maximum absolute atomic E-state index is 13.4. The molecule has 0 spiro atoms. The van der Waals surface area contributed by atoms with Crippen LogP contribution in [0.25, 0.3) is 0 Å². The van der Waals surface area contributed by atoms with Crippen molar-refractivity contribution in [3.05, 3.63) is 29.6 Å². The molecule has 0 saturated heterocycles. The Morgan fingerprint density at radius 3 is 2.71 bits per heavy atom. The van der Waals surface area contributed by atoms with Gasteiger partial charge in [0.05, 0.1) is 0 Å². The van der Waals surface area contributed by atoms with Crippen LogP contribution in [0.1, 0.15) is 24.3 Å². The number of anilines is 1. The van der Waals surface area contributed by atoms with Gasteiger partial charge in [0.2, 0.25) is 0 Å². The van der Waals surface area contributed by atoms with Crippen molar-refractivity contribution in [3.63, 3.8) is 0 Å². The molecule has 0 bridgehead atoms. The average molecular weight is 195 g/mol. The summed E-state index contributed by atoms with van der Waals surface area (Å²) in [6.45, 7) is 0. The van der Waals surface area contributed by atoms with Crippen LogP contribution in [0, 0.1) is 5.82 Å². The first kappa shape index (κ1) is 8.99. The fourth-order valence-electron chi connectivity index (χ4n) is 1.45. The summed E-state index contributed by atoms with van der Waals surface area (Å²) in [4.78, 5) is 10.3. The maximum atomic E-state index is 13.4. The number of hydrogen-bond donors (Lipinski definition) is 2. The number of hydrogen-bond acceptors (Lipinski definition) is 1. The van der Waals surface area contributed by atoms with E-state index in [2.05, 4.69) is 5.32 Å². The molecule has 2 rings (SSSR count). The van der Waals surface area contributed by atoms with Crippen LogP contribution in [0.4, 0.5) is 14.9 Å². The second-order valence-corrected chi connectivity index (χ2v) is 3.44. The predicted octanol–water partition coefficient (Wildman–Crippen LogP) is 2.79. The Morgan fingerprint density at radius 1 is 1.50 bits per heavy atom. The smallest absolute Gasteiger partial charge is 0.409 e. The molecular formula is C10H10FNO2. The van der Waals surface area contributed by atoms with Crippen molar-refractivity contribution in [2.45, 2.75) is 18.8 Å². The van der Waals surface area contributed by atoms with E-state index in [9.17, 15) is 9.18 Å². The van der Waals surface area contributed by atoms with Crippen LogP contribution in [-0.2, 0) is 0 Å². The Bertz CT molecular complexity index is 374. The van der Waals surface area contributed by atoms with Crippen molar-refractivity contribution in [2.24, 2.45) is 0 Å². The molecule has 0 heterocycles. The van der Waals surface area contributed by atoms with E-state index in [-0.39, 0.29) is 11.5 Å². The minimum atomic E-state index is -1.18. The first-order valence-corrected chi connectivity index (χ1v) is 4.46. The van der Waals surface area contributed by atoms with Crippen LogP contribution in [-0.4, -0.2) is 11.2 Å². The largest absolute Gasteiger partial charge is 0.465 e. The minimum Gasteiger partial charge on any atom is -0.465 e. The predicted molar refractivity (Wildman–Crippen MR) is 50.0 cm³/mol. The molecule has 1 amide bonds.